The summed E-state index contributed by atoms with van der Waals surface area (Å²) in [6.45, 7) is 0.407. The van der Waals surface area contributed by atoms with E-state index in [1.165, 1.54) is 0 Å². The molecule has 1 unspecified atom stereocenters. The number of benzene rings is 3. The van der Waals surface area contributed by atoms with E-state index in [4.69, 9.17) is 5.73 Å². The molecule has 0 aromatic heterocycles. The first kappa shape index (κ1) is 19.7. The molecule has 0 fully saturated rings. The molecule has 1 amide bonds. The van der Waals surface area contributed by atoms with Gasteiger partial charge in [-0.05, 0) is 29.3 Å². The molecule has 1 aliphatic heterocycles. The van der Waals surface area contributed by atoms with Gasteiger partial charge in [-0.25, -0.2) is 0 Å². The zero-order valence-electron chi connectivity index (χ0n) is 16.4. The number of carbonyl (C=O) groups is 1. The van der Waals surface area contributed by atoms with Gasteiger partial charge in [0.25, 0.3) is 0 Å². The number of rotatable bonds is 6. The Balaban J connectivity index is 1.67. The molecule has 30 heavy (non-hydrogen) atoms. The van der Waals surface area contributed by atoms with Crippen molar-refractivity contribution in [2.75, 3.05) is 17.2 Å². The minimum atomic E-state index is -0.809. The summed E-state index contributed by atoms with van der Waals surface area (Å²) in [6, 6.07) is 25.6. The lowest BCUT2D eigenvalue weighted by Crippen LogP contribution is -2.29. The third kappa shape index (κ3) is 4.20. The van der Waals surface area contributed by atoms with E-state index in [0.717, 1.165) is 39.3 Å². The fourth-order valence-corrected chi connectivity index (χ4v) is 3.50. The van der Waals surface area contributed by atoms with Gasteiger partial charge in [-0.3, -0.25) is 4.79 Å². The quantitative estimate of drug-likeness (QED) is 0.438. The molecule has 0 aliphatic carbocycles. The van der Waals surface area contributed by atoms with Crippen LogP contribution in [0.3, 0.4) is 0 Å². The molecule has 3 aromatic carbocycles. The number of nitrogens with two attached hydrogens (primary N) is 1. The Labute approximate surface area is 175 Å². The molecule has 0 bridgehead atoms. The number of nitrogens with one attached hydrogen (secondary N) is 3. The Morgan fingerprint density at radius 2 is 1.67 bits per heavy atom. The van der Waals surface area contributed by atoms with E-state index in [2.05, 4.69) is 16.0 Å². The summed E-state index contributed by atoms with van der Waals surface area (Å²) in [5, 5.41) is 20.1. The van der Waals surface area contributed by atoms with E-state index in [-0.39, 0.29) is 12.5 Å². The molecule has 6 nitrogen and oxygen atoms in total. The predicted octanol–water partition coefficient (Wildman–Crippen LogP) is 2.99. The molecule has 3 aromatic rings. The van der Waals surface area contributed by atoms with Crippen LogP contribution in [0.2, 0.25) is 0 Å². The summed E-state index contributed by atoms with van der Waals surface area (Å²) in [7, 11) is 0. The van der Waals surface area contributed by atoms with E-state index in [1.54, 1.807) is 0 Å². The predicted molar refractivity (Wildman–Crippen MR) is 120 cm³/mol. The molecule has 6 N–H and O–H groups in total. The van der Waals surface area contributed by atoms with E-state index in [0.29, 0.717) is 6.54 Å². The summed E-state index contributed by atoms with van der Waals surface area (Å²) in [6.07, 6.45) is -0.809. The minimum absolute atomic E-state index is 0.0223. The van der Waals surface area contributed by atoms with Gasteiger partial charge in [0.1, 0.15) is 0 Å². The molecule has 1 aliphatic rings. The van der Waals surface area contributed by atoms with Crippen molar-refractivity contribution in [1.82, 2.24) is 5.32 Å². The molecule has 152 valence electrons. The molecule has 1 heterocycles. The van der Waals surface area contributed by atoms with Gasteiger partial charge in [-0.2, -0.15) is 0 Å². The van der Waals surface area contributed by atoms with Crippen molar-refractivity contribution in [1.29, 1.82) is 0 Å². The Hall–Kier alpha value is -3.61. The smallest absolute Gasteiger partial charge is 0.234 e. The first-order valence-corrected chi connectivity index (χ1v) is 9.82. The molecule has 0 saturated carbocycles. The number of fused-ring (bicyclic) bond motifs is 1. The van der Waals surface area contributed by atoms with E-state index in [1.807, 2.05) is 78.9 Å². The molecule has 4 rings (SSSR count). The number of amides is 1. The lowest BCUT2D eigenvalue weighted by molar-refractivity contribution is -0.119. The second kappa shape index (κ2) is 8.82. The van der Waals surface area contributed by atoms with Crippen LogP contribution in [0.15, 0.2) is 78.9 Å². The Morgan fingerprint density at radius 1 is 0.967 bits per heavy atom. The lowest BCUT2D eigenvalue weighted by atomic mass is 9.99. The van der Waals surface area contributed by atoms with Gasteiger partial charge in [0, 0.05) is 29.1 Å². The standard InChI is InChI=1S/C24H24N4O2/c25-14-21(29)26-15-16-10-12-18(13-11-16)27-23(17-6-2-1-3-7-17)22-19-8-4-5-9-20(19)28-24(22)30/h1-13,24,27-28,30H,14-15,25H2,(H,26,29)/b23-22-. The Morgan fingerprint density at radius 3 is 2.40 bits per heavy atom. The Bertz CT molecular complexity index is 1060. The van der Waals surface area contributed by atoms with Crippen molar-refractivity contribution in [2.24, 2.45) is 5.73 Å². The number of anilines is 2. The maximum atomic E-state index is 11.3. The normalized spacial score (nSPS) is 16.4. The molecule has 0 radical (unpaired) electrons. The highest BCUT2D eigenvalue weighted by Gasteiger charge is 2.28. The summed E-state index contributed by atoms with van der Waals surface area (Å²) >= 11 is 0. The molecule has 1 atom stereocenters. The summed E-state index contributed by atoms with van der Waals surface area (Å²) in [4.78, 5) is 11.3. The first-order chi connectivity index (χ1) is 14.7. The third-order valence-corrected chi connectivity index (χ3v) is 5.01. The third-order valence-electron chi connectivity index (χ3n) is 5.01. The number of carbonyl (C=O) groups excluding carboxylic acids is 1. The maximum absolute atomic E-state index is 11.3. The highest BCUT2D eigenvalue weighted by Crippen LogP contribution is 2.39. The van der Waals surface area contributed by atoms with Crippen LogP contribution in [-0.2, 0) is 11.3 Å². The summed E-state index contributed by atoms with van der Waals surface area (Å²) < 4.78 is 0. The van der Waals surface area contributed by atoms with Crippen LogP contribution >= 0.6 is 0 Å². The van der Waals surface area contributed by atoms with Crippen molar-refractivity contribution in [2.45, 2.75) is 12.8 Å². The van der Waals surface area contributed by atoms with Crippen LogP contribution in [0.5, 0.6) is 0 Å². The second-order valence-electron chi connectivity index (χ2n) is 7.05. The number of aliphatic hydroxyl groups is 1. The minimum Gasteiger partial charge on any atom is -0.369 e. The van der Waals surface area contributed by atoms with Crippen LogP contribution in [0, 0.1) is 0 Å². The Kier molecular flexibility index (Phi) is 5.79. The number of hydrogen-bond donors (Lipinski definition) is 5. The highest BCUT2D eigenvalue weighted by atomic mass is 16.3. The van der Waals surface area contributed by atoms with Crippen molar-refractivity contribution in [3.8, 4) is 0 Å². The van der Waals surface area contributed by atoms with Crippen LogP contribution in [-0.4, -0.2) is 23.8 Å². The van der Waals surface area contributed by atoms with E-state index >= 15 is 0 Å². The van der Waals surface area contributed by atoms with Crippen molar-refractivity contribution in [3.63, 3.8) is 0 Å². The topological polar surface area (TPSA) is 99.4 Å². The largest absolute Gasteiger partial charge is 0.369 e. The molecule has 6 heteroatoms. The van der Waals surface area contributed by atoms with Gasteiger partial charge in [-0.1, -0.05) is 60.7 Å². The average Bonchev–Trinajstić information content (AvgIpc) is 3.12. The summed E-state index contributed by atoms with van der Waals surface area (Å²) in [5.41, 5.74) is 11.7. The molecular formula is C24H24N4O2. The second-order valence-corrected chi connectivity index (χ2v) is 7.05. The monoisotopic (exact) mass is 400 g/mol. The van der Waals surface area contributed by atoms with Crippen molar-refractivity contribution < 1.29 is 9.90 Å². The highest BCUT2D eigenvalue weighted by molar-refractivity contribution is 6.03. The zero-order valence-corrected chi connectivity index (χ0v) is 16.4. The van der Waals surface area contributed by atoms with Crippen LogP contribution < -0.4 is 21.7 Å². The van der Waals surface area contributed by atoms with Gasteiger partial charge < -0.3 is 26.8 Å². The van der Waals surface area contributed by atoms with Gasteiger partial charge in [0.05, 0.1) is 12.2 Å². The van der Waals surface area contributed by atoms with Crippen LogP contribution in [0.1, 0.15) is 16.7 Å². The van der Waals surface area contributed by atoms with Crippen molar-refractivity contribution >= 4 is 28.6 Å². The first-order valence-electron chi connectivity index (χ1n) is 9.82. The van der Waals surface area contributed by atoms with E-state index < -0.39 is 6.23 Å². The van der Waals surface area contributed by atoms with Gasteiger partial charge in [0.15, 0.2) is 6.23 Å². The molecular weight excluding hydrogens is 376 g/mol. The van der Waals surface area contributed by atoms with Gasteiger partial charge in [0.2, 0.25) is 5.91 Å². The zero-order chi connectivity index (χ0) is 20.9. The number of aliphatic hydroxyl groups excluding tert-OH is 1. The van der Waals surface area contributed by atoms with Crippen LogP contribution in [0.4, 0.5) is 11.4 Å². The van der Waals surface area contributed by atoms with Gasteiger partial charge >= 0.3 is 0 Å². The molecule has 0 spiro atoms. The average molecular weight is 400 g/mol. The van der Waals surface area contributed by atoms with Gasteiger partial charge in [-0.15, -0.1) is 0 Å². The fraction of sp³-hybridized carbons (Fsp3) is 0.125. The van der Waals surface area contributed by atoms with Crippen LogP contribution in [0.25, 0.3) is 11.3 Å². The molecule has 0 saturated heterocycles. The fourth-order valence-electron chi connectivity index (χ4n) is 3.50. The maximum Gasteiger partial charge on any atom is 0.234 e. The van der Waals surface area contributed by atoms with Crippen molar-refractivity contribution in [3.05, 3.63) is 95.6 Å². The summed E-state index contributed by atoms with van der Waals surface area (Å²) in [5.74, 6) is -0.185. The number of hydrogen-bond acceptors (Lipinski definition) is 5. The SMILES string of the molecule is NCC(=O)NCc1ccc(N/C(=C2/c3ccccc3NC2O)c2ccccc2)cc1. The number of para-hydroxylation sites is 1. The lowest BCUT2D eigenvalue weighted by Gasteiger charge is -2.18. The van der Waals surface area contributed by atoms with E-state index in [9.17, 15) is 9.90 Å².